The molecule has 0 unspecified atom stereocenters. The van der Waals surface area contributed by atoms with Gasteiger partial charge in [0.05, 0.1) is 6.26 Å². The molecule has 6 heteroatoms. The van der Waals surface area contributed by atoms with E-state index in [4.69, 9.17) is 4.74 Å². The molecule has 15 heavy (non-hydrogen) atoms. The lowest BCUT2D eigenvalue weighted by Gasteiger charge is -2.06. The normalized spacial score (nSPS) is 11.3. The van der Waals surface area contributed by atoms with Crippen molar-refractivity contribution in [2.24, 2.45) is 0 Å². The second-order valence-corrected chi connectivity index (χ2v) is 4.58. The molecule has 0 bridgehead atoms. The van der Waals surface area contributed by atoms with Crippen LogP contribution >= 0.6 is 0 Å². The van der Waals surface area contributed by atoms with Crippen LogP contribution in [0.3, 0.4) is 0 Å². The maximum Gasteiger partial charge on any atom is 0.230 e. The summed E-state index contributed by atoms with van der Waals surface area (Å²) >= 11 is 0. The first-order valence-corrected chi connectivity index (χ1v) is 6.23. The monoisotopic (exact) mass is 231 g/mol. The van der Waals surface area contributed by atoms with Gasteiger partial charge in [0, 0.05) is 0 Å². The van der Waals surface area contributed by atoms with E-state index in [2.05, 4.69) is 4.84 Å². The van der Waals surface area contributed by atoms with Crippen LogP contribution in [0.1, 0.15) is 0 Å². The second kappa shape index (κ2) is 5.69. The summed E-state index contributed by atoms with van der Waals surface area (Å²) in [5.74, 6) is 0.723. The van der Waals surface area contributed by atoms with Crippen LogP contribution in [-0.4, -0.2) is 27.9 Å². The Bertz CT molecular complexity index is 376. The summed E-state index contributed by atoms with van der Waals surface area (Å²) in [6, 6.07) is 9.21. The van der Waals surface area contributed by atoms with E-state index >= 15 is 0 Å². The van der Waals surface area contributed by atoms with Crippen LogP contribution in [0.15, 0.2) is 30.3 Å². The lowest BCUT2D eigenvalue weighted by atomic mass is 10.3. The Kier molecular flexibility index (Phi) is 4.54. The molecule has 5 nitrogen and oxygen atoms in total. The average Bonchev–Trinajstić information content (AvgIpc) is 2.17. The number of ether oxygens (including phenoxy) is 1. The van der Waals surface area contributed by atoms with Gasteiger partial charge in [-0.05, 0) is 12.1 Å². The summed E-state index contributed by atoms with van der Waals surface area (Å²) in [7, 11) is -3.30. The summed E-state index contributed by atoms with van der Waals surface area (Å²) in [6.07, 6.45) is 1.02. The van der Waals surface area contributed by atoms with Crippen molar-refractivity contribution in [3.05, 3.63) is 30.3 Å². The molecule has 0 aliphatic heterocycles. The highest BCUT2D eigenvalue weighted by atomic mass is 32.2. The van der Waals surface area contributed by atoms with Crippen molar-refractivity contribution in [3.63, 3.8) is 0 Å². The van der Waals surface area contributed by atoms with Gasteiger partial charge in [-0.25, -0.2) is 8.42 Å². The van der Waals surface area contributed by atoms with Crippen molar-refractivity contribution in [3.8, 4) is 5.75 Å². The largest absolute Gasteiger partial charge is 0.491 e. The average molecular weight is 231 g/mol. The summed E-state index contributed by atoms with van der Waals surface area (Å²) in [6.45, 7) is 0.439. The van der Waals surface area contributed by atoms with Crippen LogP contribution in [0.5, 0.6) is 5.75 Å². The molecular formula is C9H13NO4S. The van der Waals surface area contributed by atoms with Crippen LogP contribution in [-0.2, 0) is 14.9 Å². The van der Waals surface area contributed by atoms with E-state index in [0.29, 0.717) is 0 Å². The van der Waals surface area contributed by atoms with Gasteiger partial charge in [-0.3, -0.25) is 4.84 Å². The fourth-order valence-corrected chi connectivity index (χ4v) is 1.16. The van der Waals surface area contributed by atoms with E-state index in [1.54, 1.807) is 0 Å². The van der Waals surface area contributed by atoms with Crippen LogP contribution in [0.4, 0.5) is 0 Å². The molecule has 0 spiro atoms. The fourth-order valence-electron chi connectivity index (χ4n) is 0.867. The predicted octanol–water partition coefficient (Wildman–Crippen LogP) is 0.546. The molecule has 0 aromatic heterocycles. The topological polar surface area (TPSA) is 64.6 Å². The van der Waals surface area contributed by atoms with Gasteiger partial charge >= 0.3 is 0 Å². The highest BCUT2D eigenvalue weighted by Gasteiger charge is 1.99. The zero-order chi connectivity index (χ0) is 11.1. The molecule has 1 aromatic carbocycles. The lowest BCUT2D eigenvalue weighted by molar-refractivity contribution is 0.0670. The molecule has 1 rings (SSSR count). The Morgan fingerprint density at radius 3 is 2.47 bits per heavy atom. The molecule has 0 amide bonds. The molecule has 1 N–H and O–H groups in total. The summed E-state index contributed by atoms with van der Waals surface area (Å²) in [4.78, 5) is 6.56. The van der Waals surface area contributed by atoms with Crippen LogP contribution in [0, 0.1) is 0 Å². The summed E-state index contributed by atoms with van der Waals surface area (Å²) in [5, 5.41) is 0. The molecule has 0 radical (unpaired) electrons. The Hall–Kier alpha value is -1.11. The molecule has 1 aromatic rings. The first-order chi connectivity index (χ1) is 7.08. The number of hydrogen-bond donors (Lipinski definition) is 1. The van der Waals surface area contributed by atoms with Gasteiger partial charge in [0.2, 0.25) is 10.0 Å². The fraction of sp³-hybridized carbons (Fsp3) is 0.333. The molecular weight excluding hydrogens is 218 g/mol. The predicted molar refractivity (Wildman–Crippen MR) is 55.9 cm³/mol. The highest BCUT2D eigenvalue weighted by molar-refractivity contribution is 7.88. The van der Waals surface area contributed by atoms with Gasteiger partial charge < -0.3 is 4.74 Å². The lowest BCUT2D eigenvalue weighted by Crippen LogP contribution is -2.24. The molecule has 0 atom stereocenters. The molecule has 0 aliphatic carbocycles. The van der Waals surface area contributed by atoms with Gasteiger partial charge in [-0.2, -0.15) is 0 Å². The number of sulfonamides is 1. The highest BCUT2D eigenvalue weighted by Crippen LogP contribution is 2.07. The van der Waals surface area contributed by atoms with Crippen LogP contribution < -0.4 is 9.62 Å². The van der Waals surface area contributed by atoms with Crippen LogP contribution in [0.2, 0.25) is 0 Å². The van der Waals surface area contributed by atoms with Gasteiger partial charge in [0.25, 0.3) is 0 Å². The third-order valence-corrected chi connectivity index (χ3v) is 1.83. The van der Waals surface area contributed by atoms with E-state index in [9.17, 15) is 8.42 Å². The number of benzene rings is 1. The first kappa shape index (κ1) is 12.0. The molecule has 0 saturated heterocycles. The van der Waals surface area contributed by atoms with Crippen molar-refractivity contribution in [2.45, 2.75) is 0 Å². The van der Waals surface area contributed by atoms with Gasteiger partial charge in [0.1, 0.15) is 19.0 Å². The second-order valence-electron chi connectivity index (χ2n) is 2.87. The number of hydrogen-bond acceptors (Lipinski definition) is 4. The van der Waals surface area contributed by atoms with Gasteiger partial charge in [-0.1, -0.05) is 23.1 Å². The van der Waals surface area contributed by atoms with E-state index < -0.39 is 10.0 Å². The Morgan fingerprint density at radius 1 is 1.20 bits per heavy atom. The third-order valence-electron chi connectivity index (χ3n) is 1.41. The van der Waals surface area contributed by atoms with Crippen molar-refractivity contribution in [1.82, 2.24) is 4.89 Å². The zero-order valence-electron chi connectivity index (χ0n) is 8.34. The molecule has 0 fully saturated rings. The quantitative estimate of drug-likeness (QED) is 0.573. The van der Waals surface area contributed by atoms with E-state index in [-0.39, 0.29) is 13.2 Å². The molecule has 84 valence electrons. The minimum absolute atomic E-state index is 0.155. The van der Waals surface area contributed by atoms with E-state index in [1.165, 1.54) is 0 Å². The minimum Gasteiger partial charge on any atom is -0.491 e. The Morgan fingerprint density at radius 2 is 1.87 bits per heavy atom. The molecule has 0 heterocycles. The standard InChI is InChI=1S/C9H13NO4S/c1-15(11,12)10-14-8-7-13-9-5-3-2-4-6-9/h2-6,10H,7-8H2,1H3. The van der Waals surface area contributed by atoms with Gasteiger partial charge in [0.15, 0.2) is 0 Å². The molecule has 0 aliphatic rings. The van der Waals surface area contributed by atoms with E-state index in [1.807, 2.05) is 35.2 Å². The van der Waals surface area contributed by atoms with Crippen molar-refractivity contribution in [2.75, 3.05) is 19.5 Å². The number of nitrogens with one attached hydrogen (secondary N) is 1. The summed E-state index contributed by atoms with van der Waals surface area (Å²) < 4.78 is 26.4. The van der Waals surface area contributed by atoms with E-state index in [0.717, 1.165) is 12.0 Å². The number of rotatable bonds is 6. The Labute approximate surface area is 89.0 Å². The third kappa shape index (κ3) is 6.05. The SMILES string of the molecule is CS(=O)(=O)NOCCOc1ccccc1. The first-order valence-electron chi connectivity index (χ1n) is 4.34. The van der Waals surface area contributed by atoms with Crippen molar-refractivity contribution < 1.29 is 18.0 Å². The summed E-state index contributed by atoms with van der Waals surface area (Å²) in [5.41, 5.74) is 0. The maximum absolute atomic E-state index is 10.6. The smallest absolute Gasteiger partial charge is 0.230 e. The van der Waals surface area contributed by atoms with Crippen LogP contribution in [0.25, 0.3) is 0 Å². The molecule has 0 saturated carbocycles. The minimum atomic E-state index is -3.30. The van der Waals surface area contributed by atoms with Crippen molar-refractivity contribution in [1.29, 1.82) is 0 Å². The van der Waals surface area contributed by atoms with Gasteiger partial charge in [-0.15, -0.1) is 0 Å². The maximum atomic E-state index is 10.6. The van der Waals surface area contributed by atoms with Crippen molar-refractivity contribution >= 4 is 10.0 Å². The Balaban J connectivity index is 2.13. The zero-order valence-corrected chi connectivity index (χ0v) is 9.16. The number of para-hydroxylation sites is 1.